The Morgan fingerprint density at radius 2 is 2.00 bits per heavy atom. The van der Waals surface area contributed by atoms with E-state index in [2.05, 4.69) is 4.90 Å². The van der Waals surface area contributed by atoms with E-state index in [1.54, 1.807) is 14.1 Å². The third-order valence-corrected chi connectivity index (χ3v) is 6.53. The highest BCUT2D eigenvalue weighted by Gasteiger charge is 2.29. The summed E-state index contributed by atoms with van der Waals surface area (Å²) in [5.41, 5.74) is 0. The zero-order valence-corrected chi connectivity index (χ0v) is 15.1. The summed E-state index contributed by atoms with van der Waals surface area (Å²) < 4.78 is 30.1. The summed E-state index contributed by atoms with van der Waals surface area (Å²) in [4.78, 5) is 16.6. The molecule has 2 heterocycles. The molecule has 0 aliphatic carbocycles. The van der Waals surface area contributed by atoms with E-state index in [9.17, 15) is 13.2 Å². The van der Waals surface area contributed by atoms with Gasteiger partial charge in [-0.2, -0.15) is 0 Å². The lowest BCUT2D eigenvalue weighted by Crippen LogP contribution is -2.39. The van der Waals surface area contributed by atoms with Gasteiger partial charge in [0.25, 0.3) is 0 Å². The zero-order chi connectivity index (χ0) is 16.9. The fourth-order valence-electron chi connectivity index (χ4n) is 3.06. The van der Waals surface area contributed by atoms with Gasteiger partial charge in [0.2, 0.25) is 15.9 Å². The number of nitrogens with zero attached hydrogens (tertiary/aromatic N) is 3. The topological polar surface area (TPSA) is 70.2 Å². The molecule has 0 spiro atoms. The molecule has 0 N–H and O–H groups in total. The molecule has 0 aromatic heterocycles. The van der Waals surface area contributed by atoms with Crippen LogP contribution in [0.5, 0.6) is 0 Å². The third kappa shape index (κ3) is 5.41. The van der Waals surface area contributed by atoms with Crippen molar-refractivity contribution in [1.29, 1.82) is 0 Å². The van der Waals surface area contributed by atoms with Gasteiger partial charge in [-0.15, -0.1) is 0 Å². The van der Waals surface area contributed by atoms with Gasteiger partial charge in [0, 0.05) is 40.3 Å². The Hall–Kier alpha value is -0.700. The largest absolute Gasteiger partial charge is 0.381 e. The van der Waals surface area contributed by atoms with Gasteiger partial charge < -0.3 is 14.5 Å². The van der Waals surface area contributed by atoms with Crippen LogP contribution in [0.2, 0.25) is 0 Å². The molecule has 2 fully saturated rings. The maximum absolute atomic E-state index is 12.4. The first-order valence-electron chi connectivity index (χ1n) is 8.39. The maximum atomic E-state index is 12.4. The molecule has 0 saturated carbocycles. The number of hydrogen-bond donors (Lipinski definition) is 0. The molecule has 8 heteroatoms. The lowest BCUT2D eigenvalue weighted by Gasteiger charge is -2.24. The van der Waals surface area contributed by atoms with Gasteiger partial charge in [-0.05, 0) is 32.4 Å². The minimum Gasteiger partial charge on any atom is -0.381 e. The molecular formula is C15H29N3O4S. The van der Waals surface area contributed by atoms with Crippen LogP contribution >= 0.6 is 0 Å². The fourth-order valence-corrected chi connectivity index (χ4v) is 3.91. The molecule has 0 radical (unpaired) electrons. The molecule has 2 rings (SSSR count). The third-order valence-electron chi connectivity index (χ3n) is 4.61. The second-order valence-electron chi connectivity index (χ2n) is 6.53. The number of hydrogen-bond acceptors (Lipinski definition) is 5. The van der Waals surface area contributed by atoms with Crippen molar-refractivity contribution in [2.24, 2.45) is 5.92 Å². The van der Waals surface area contributed by atoms with E-state index in [0.29, 0.717) is 19.6 Å². The van der Waals surface area contributed by atoms with Crippen LogP contribution in [-0.4, -0.2) is 94.2 Å². The number of sulfonamides is 1. The summed E-state index contributed by atoms with van der Waals surface area (Å²) in [5.74, 6) is 0.435. The van der Waals surface area contributed by atoms with Crippen molar-refractivity contribution in [3.05, 3.63) is 0 Å². The smallest absolute Gasteiger partial charge is 0.228 e. The molecule has 7 nitrogen and oxygen atoms in total. The van der Waals surface area contributed by atoms with Crippen LogP contribution in [0, 0.1) is 5.92 Å². The second-order valence-corrected chi connectivity index (χ2v) is 8.84. The highest BCUT2D eigenvalue weighted by molar-refractivity contribution is 7.89. The first-order valence-corrected chi connectivity index (χ1v) is 10.00. The Kier molecular flexibility index (Phi) is 6.82. The van der Waals surface area contributed by atoms with Gasteiger partial charge >= 0.3 is 0 Å². The first-order chi connectivity index (χ1) is 10.9. The molecule has 1 amide bonds. The molecule has 1 atom stereocenters. The molecule has 2 aliphatic heterocycles. The Morgan fingerprint density at radius 1 is 1.22 bits per heavy atom. The van der Waals surface area contributed by atoms with E-state index >= 15 is 0 Å². The fraction of sp³-hybridized carbons (Fsp3) is 0.933. The van der Waals surface area contributed by atoms with E-state index < -0.39 is 10.0 Å². The Balaban J connectivity index is 1.74. The van der Waals surface area contributed by atoms with Crippen molar-refractivity contribution >= 4 is 15.9 Å². The first kappa shape index (κ1) is 18.6. The molecule has 2 saturated heterocycles. The van der Waals surface area contributed by atoms with Gasteiger partial charge in [-0.3, -0.25) is 4.79 Å². The van der Waals surface area contributed by atoms with Gasteiger partial charge in [-0.1, -0.05) is 0 Å². The molecule has 0 bridgehead atoms. The van der Waals surface area contributed by atoms with Crippen LogP contribution in [0.3, 0.4) is 0 Å². The second kappa shape index (κ2) is 8.41. The van der Waals surface area contributed by atoms with E-state index in [4.69, 9.17) is 4.74 Å². The standard InChI is InChI=1S/C15H29N3O4S/c1-16(2)23(20,21)12-4-7-17-6-3-8-18(10-9-17)15(19)14-5-11-22-13-14/h14H,3-13H2,1-2H3. The average Bonchev–Trinajstić information content (AvgIpc) is 2.93. The predicted octanol–water partition coefficient (Wildman–Crippen LogP) is -0.161. The predicted molar refractivity (Wildman–Crippen MR) is 88.7 cm³/mol. The average molecular weight is 347 g/mol. The van der Waals surface area contributed by atoms with E-state index in [1.165, 1.54) is 4.31 Å². The molecule has 1 unspecified atom stereocenters. The SMILES string of the molecule is CN(C)S(=O)(=O)CCCN1CCCN(C(=O)C2CCOC2)CC1. The Morgan fingerprint density at radius 3 is 2.65 bits per heavy atom. The monoisotopic (exact) mass is 347 g/mol. The zero-order valence-electron chi connectivity index (χ0n) is 14.2. The lowest BCUT2D eigenvalue weighted by atomic mass is 10.1. The summed E-state index contributed by atoms with van der Waals surface area (Å²) in [6, 6.07) is 0. The Labute approximate surface area is 139 Å². The summed E-state index contributed by atoms with van der Waals surface area (Å²) in [5, 5.41) is 0. The van der Waals surface area contributed by atoms with Crippen molar-refractivity contribution in [3.63, 3.8) is 0 Å². The molecule has 23 heavy (non-hydrogen) atoms. The lowest BCUT2D eigenvalue weighted by molar-refractivity contribution is -0.135. The van der Waals surface area contributed by atoms with Crippen molar-refractivity contribution in [1.82, 2.24) is 14.1 Å². The van der Waals surface area contributed by atoms with Gasteiger partial charge in [0.15, 0.2) is 0 Å². The molecular weight excluding hydrogens is 318 g/mol. The quantitative estimate of drug-likeness (QED) is 0.668. The minimum atomic E-state index is -3.12. The molecule has 2 aliphatic rings. The van der Waals surface area contributed by atoms with E-state index in [0.717, 1.165) is 45.6 Å². The minimum absolute atomic E-state index is 0.0341. The van der Waals surface area contributed by atoms with E-state index in [-0.39, 0.29) is 17.6 Å². The van der Waals surface area contributed by atoms with Crippen molar-refractivity contribution in [2.75, 3.05) is 65.8 Å². The van der Waals surface area contributed by atoms with Crippen LogP contribution in [-0.2, 0) is 19.6 Å². The van der Waals surface area contributed by atoms with Gasteiger partial charge in [0.1, 0.15) is 0 Å². The van der Waals surface area contributed by atoms with Crippen molar-refractivity contribution < 1.29 is 17.9 Å². The van der Waals surface area contributed by atoms with Crippen molar-refractivity contribution in [2.45, 2.75) is 19.3 Å². The van der Waals surface area contributed by atoms with Crippen LogP contribution in [0.15, 0.2) is 0 Å². The normalized spacial score (nSPS) is 24.1. The number of rotatable bonds is 6. The number of carbonyl (C=O) groups is 1. The van der Waals surface area contributed by atoms with Crippen LogP contribution < -0.4 is 0 Å². The summed E-state index contributed by atoms with van der Waals surface area (Å²) in [6.45, 7) is 5.28. The highest BCUT2D eigenvalue weighted by Crippen LogP contribution is 2.17. The van der Waals surface area contributed by atoms with Gasteiger partial charge in [-0.25, -0.2) is 12.7 Å². The molecule has 0 aromatic carbocycles. The Bertz CT molecular complexity index is 489. The van der Waals surface area contributed by atoms with Crippen LogP contribution in [0.1, 0.15) is 19.3 Å². The summed E-state index contributed by atoms with van der Waals surface area (Å²) >= 11 is 0. The molecule has 0 aromatic rings. The van der Waals surface area contributed by atoms with E-state index in [1.807, 2.05) is 4.90 Å². The highest BCUT2D eigenvalue weighted by atomic mass is 32.2. The maximum Gasteiger partial charge on any atom is 0.228 e. The number of carbonyl (C=O) groups excluding carboxylic acids is 1. The summed E-state index contributed by atoms with van der Waals surface area (Å²) in [6.07, 6.45) is 2.41. The van der Waals surface area contributed by atoms with Crippen molar-refractivity contribution in [3.8, 4) is 0 Å². The van der Waals surface area contributed by atoms with Crippen LogP contribution in [0.25, 0.3) is 0 Å². The van der Waals surface area contributed by atoms with Crippen LogP contribution in [0.4, 0.5) is 0 Å². The number of ether oxygens (including phenoxy) is 1. The molecule has 134 valence electrons. The summed E-state index contributed by atoms with van der Waals surface area (Å²) in [7, 11) is 0.0188. The number of amides is 1. The van der Waals surface area contributed by atoms with Gasteiger partial charge in [0.05, 0.1) is 18.3 Å².